The third-order valence-corrected chi connectivity index (χ3v) is 2.93. The van der Waals surface area contributed by atoms with E-state index in [4.69, 9.17) is 4.74 Å². The number of amides is 1. The molecule has 0 aliphatic carbocycles. The Kier molecular flexibility index (Phi) is 6.65. The molecule has 0 bridgehead atoms. The summed E-state index contributed by atoms with van der Waals surface area (Å²) in [5.74, 6) is -1.55. The van der Waals surface area contributed by atoms with E-state index in [1.165, 1.54) is 24.3 Å². The van der Waals surface area contributed by atoms with Crippen molar-refractivity contribution in [1.29, 1.82) is 0 Å². The zero-order valence-corrected chi connectivity index (χ0v) is 13.0. The minimum atomic E-state index is -3.01. The van der Waals surface area contributed by atoms with Gasteiger partial charge in [0.1, 0.15) is 5.75 Å². The molecule has 7 heteroatoms. The van der Waals surface area contributed by atoms with Crippen LogP contribution in [0.2, 0.25) is 0 Å². The molecule has 0 aromatic heterocycles. The Morgan fingerprint density at radius 1 is 1.04 bits per heavy atom. The van der Waals surface area contributed by atoms with E-state index >= 15 is 0 Å². The zero-order valence-electron chi connectivity index (χ0n) is 13.0. The highest BCUT2D eigenvalue weighted by Gasteiger charge is 2.12. The van der Waals surface area contributed by atoms with Crippen LogP contribution in [0.15, 0.2) is 60.7 Å². The lowest BCUT2D eigenvalue weighted by Gasteiger charge is -2.11. The number of carbonyl (C=O) groups is 2. The predicted octanol–water partition coefficient (Wildman–Crippen LogP) is 3.48. The number of hydrogen-bond acceptors (Lipinski definition) is 4. The minimum Gasteiger partial charge on any atom is -0.452 e. The maximum absolute atomic E-state index is 12.3. The zero-order chi connectivity index (χ0) is 18.1. The fraction of sp³-hybridized carbons (Fsp3) is 0.111. The van der Waals surface area contributed by atoms with Crippen LogP contribution in [0.4, 0.5) is 14.5 Å². The van der Waals surface area contributed by atoms with Gasteiger partial charge in [-0.2, -0.15) is 8.78 Å². The normalized spacial score (nSPS) is 10.7. The number of alkyl halides is 2. The van der Waals surface area contributed by atoms with Crippen LogP contribution in [0.3, 0.4) is 0 Å². The molecule has 130 valence electrons. The summed E-state index contributed by atoms with van der Waals surface area (Å²) in [5, 5.41) is 2.35. The van der Waals surface area contributed by atoms with Gasteiger partial charge in [-0.3, -0.25) is 4.79 Å². The first kappa shape index (κ1) is 18.1. The lowest BCUT2D eigenvalue weighted by molar-refractivity contribution is -0.142. The number of ether oxygens (including phenoxy) is 2. The Morgan fingerprint density at radius 2 is 1.72 bits per heavy atom. The van der Waals surface area contributed by atoms with Crippen LogP contribution in [0, 0.1) is 0 Å². The van der Waals surface area contributed by atoms with Crippen LogP contribution in [-0.2, 0) is 14.3 Å². The van der Waals surface area contributed by atoms with E-state index in [2.05, 4.69) is 10.1 Å². The monoisotopic (exact) mass is 347 g/mol. The Bertz CT molecular complexity index is 748. The number of carbonyl (C=O) groups excluding carboxylic acids is 2. The van der Waals surface area contributed by atoms with E-state index in [9.17, 15) is 18.4 Å². The summed E-state index contributed by atoms with van der Waals surface area (Å²) >= 11 is 0. The smallest absolute Gasteiger partial charge is 0.387 e. The number of halogens is 2. The number of nitrogens with one attached hydrogen (secondary N) is 1. The summed E-state index contributed by atoms with van der Waals surface area (Å²) in [6.45, 7) is -3.57. The molecule has 1 amide bonds. The standard InChI is InChI=1S/C18H15F2NO4/c19-18(20)25-15-9-5-4-8-14(15)21-16(22)12-24-17(23)11-10-13-6-2-1-3-7-13/h1-11,18H,12H2,(H,21,22)/b11-10+. The number of rotatable bonds is 7. The predicted molar refractivity (Wildman–Crippen MR) is 88.1 cm³/mol. The summed E-state index contributed by atoms with van der Waals surface area (Å²) in [6.07, 6.45) is 2.74. The van der Waals surface area contributed by atoms with Crippen molar-refractivity contribution in [1.82, 2.24) is 0 Å². The first-order chi connectivity index (χ1) is 12.0. The van der Waals surface area contributed by atoms with Crippen molar-refractivity contribution in [2.75, 3.05) is 11.9 Å². The van der Waals surface area contributed by atoms with Crippen LogP contribution in [0.5, 0.6) is 5.75 Å². The Balaban J connectivity index is 1.85. The Labute approximate surface area is 142 Å². The number of benzene rings is 2. The van der Waals surface area contributed by atoms with Crippen molar-refractivity contribution in [3.8, 4) is 5.75 Å². The van der Waals surface area contributed by atoms with Crippen LogP contribution in [0.25, 0.3) is 6.08 Å². The molecule has 0 saturated heterocycles. The molecule has 0 unspecified atom stereocenters. The maximum Gasteiger partial charge on any atom is 0.387 e. The van der Waals surface area contributed by atoms with Gasteiger partial charge in [-0.15, -0.1) is 0 Å². The second-order valence-corrected chi connectivity index (χ2v) is 4.77. The molecule has 5 nitrogen and oxygen atoms in total. The minimum absolute atomic E-state index is 0.0590. The molecule has 25 heavy (non-hydrogen) atoms. The number of esters is 1. The molecular weight excluding hydrogens is 332 g/mol. The van der Waals surface area contributed by atoms with Gasteiger partial charge in [0.15, 0.2) is 6.61 Å². The molecule has 0 spiro atoms. The molecule has 0 fully saturated rings. The third kappa shape index (κ3) is 6.42. The topological polar surface area (TPSA) is 64.6 Å². The van der Waals surface area contributed by atoms with Gasteiger partial charge >= 0.3 is 12.6 Å². The van der Waals surface area contributed by atoms with Crippen LogP contribution in [-0.4, -0.2) is 25.1 Å². The van der Waals surface area contributed by atoms with Crippen molar-refractivity contribution >= 4 is 23.6 Å². The summed E-state index contributed by atoms with van der Waals surface area (Å²) in [5.41, 5.74) is 0.866. The van der Waals surface area contributed by atoms with E-state index in [1.54, 1.807) is 24.3 Å². The van der Waals surface area contributed by atoms with E-state index in [0.29, 0.717) is 0 Å². The lowest BCUT2D eigenvalue weighted by atomic mass is 10.2. The van der Waals surface area contributed by atoms with E-state index in [1.807, 2.05) is 18.2 Å². The number of hydrogen-bond donors (Lipinski definition) is 1. The van der Waals surface area contributed by atoms with Crippen molar-refractivity contribution in [3.63, 3.8) is 0 Å². The van der Waals surface area contributed by atoms with E-state index in [0.717, 1.165) is 5.56 Å². The molecule has 1 N–H and O–H groups in total. The molecule has 0 saturated carbocycles. The molecule has 0 heterocycles. The highest BCUT2D eigenvalue weighted by Crippen LogP contribution is 2.25. The fourth-order valence-electron chi connectivity index (χ4n) is 1.87. The van der Waals surface area contributed by atoms with Crippen LogP contribution < -0.4 is 10.1 Å². The van der Waals surface area contributed by atoms with Gasteiger partial charge in [0.2, 0.25) is 0 Å². The maximum atomic E-state index is 12.3. The van der Waals surface area contributed by atoms with Crippen LogP contribution >= 0.6 is 0 Å². The Hall–Kier alpha value is -3.22. The summed E-state index contributed by atoms with van der Waals surface area (Å²) in [7, 11) is 0. The van der Waals surface area contributed by atoms with Crippen molar-refractivity contribution in [3.05, 3.63) is 66.2 Å². The lowest BCUT2D eigenvalue weighted by Crippen LogP contribution is -2.20. The van der Waals surface area contributed by atoms with E-state index in [-0.39, 0.29) is 11.4 Å². The molecule has 0 aliphatic rings. The highest BCUT2D eigenvalue weighted by atomic mass is 19.3. The summed E-state index contributed by atoms with van der Waals surface area (Å²) < 4.78 is 33.7. The van der Waals surface area contributed by atoms with Crippen molar-refractivity contribution in [2.45, 2.75) is 6.61 Å². The molecule has 0 radical (unpaired) electrons. The number of anilines is 1. The van der Waals surface area contributed by atoms with E-state index < -0.39 is 25.1 Å². The average Bonchev–Trinajstić information content (AvgIpc) is 2.60. The van der Waals surface area contributed by atoms with Crippen molar-refractivity contribution in [2.24, 2.45) is 0 Å². The van der Waals surface area contributed by atoms with Gasteiger partial charge in [-0.05, 0) is 23.8 Å². The van der Waals surface area contributed by atoms with Gasteiger partial charge in [-0.1, -0.05) is 42.5 Å². The van der Waals surface area contributed by atoms with Gasteiger partial charge in [0, 0.05) is 6.08 Å². The highest BCUT2D eigenvalue weighted by molar-refractivity contribution is 5.95. The third-order valence-electron chi connectivity index (χ3n) is 2.93. The van der Waals surface area contributed by atoms with Gasteiger partial charge in [0.05, 0.1) is 5.69 Å². The Morgan fingerprint density at radius 3 is 2.44 bits per heavy atom. The van der Waals surface area contributed by atoms with Crippen molar-refractivity contribution < 1.29 is 27.8 Å². The molecule has 2 rings (SSSR count). The first-order valence-corrected chi connectivity index (χ1v) is 7.28. The first-order valence-electron chi connectivity index (χ1n) is 7.28. The molecule has 2 aromatic carbocycles. The summed E-state index contributed by atoms with van der Waals surface area (Å²) in [6, 6.07) is 14.8. The molecule has 0 aliphatic heterocycles. The second-order valence-electron chi connectivity index (χ2n) is 4.77. The SMILES string of the molecule is O=C(COC(=O)/C=C/c1ccccc1)Nc1ccccc1OC(F)F. The summed E-state index contributed by atoms with van der Waals surface area (Å²) in [4.78, 5) is 23.3. The molecule has 0 atom stereocenters. The second kappa shape index (κ2) is 9.17. The largest absolute Gasteiger partial charge is 0.452 e. The van der Waals surface area contributed by atoms with Gasteiger partial charge in [0.25, 0.3) is 5.91 Å². The van der Waals surface area contributed by atoms with Gasteiger partial charge in [-0.25, -0.2) is 4.79 Å². The van der Waals surface area contributed by atoms with Gasteiger partial charge < -0.3 is 14.8 Å². The fourth-order valence-corrected chi connectivity index (χ4v) is 1.87. The number of para-hydroxylation sites is 2. The average molecular weight is 347 g/mol. The van der Waals surface area contributed by atoms with Crippen LogP contribution in [0.1, 0.15) is 5.56 Å². The quantitative estimate of drug-likeness (QED) is 0.615. The molecular formula is C18H15F2NO4. The molecule has 2 aromatic rings.